The third-order valence-corrected chi connectivity index (χ3v) is 6.44. The van der Waals surface area contributed by atoms with E-state index in [0.717, 1.165) is 24.1 Å². The van der Waals surface area contributed by atoms with Gasteiger partial charge >= 0.3 is 0 Å². The molecular weight excluding hydrogens is 442 g/mol. The van der Waals surface area contributed by atoms with Crippen molar-refractivity contribution in [2.75, 3.05) is 5.32 Å². The Morgan fingerprint density at radius 2 is 1.88 bits per heavy atom. The lowest BCUT2D eigenvalue weighted by Crippen LogP contribution is -2.44. The molecule has 0 unspecified atom stereocenters. The summed E-state index contributed by atoms with van der Waals surface area (Å²) in [6, 6.07) is 6.42. The first kappa shape index (κ1) is 22.2. The first-order valence-electron chi connectivity index (χ1n) is 11.0. The number of aromatic nitrogens is 4. The summed E-state index contributed by atoms with van der Waals surface area (Å²) in [7, 11) is 0. The van der Waals surface area contributed by atoms with Gasteiger partial charge in [0.05, 0.1) is 41.0 Å². The van der Waals surface area contributed by atoms with E-state index in [9.17, 15) is 19.0 Å². The number of nitrogens with two attached hydrogens (primary N) is 1. The molecular formula is C24H24F2N6O2. The number of phenolic OH excluding ortho intramolecular Hbond substituents is 1. The predicted octanol–water partition coefficient (Wildman–Crippen LogP) is 3.72. The molecule has 4 aromatic rings. The fourth-order valence-electron chi connectivity index (χ4n) is 4.72. The number of imidazole rings is 1. The van der Waals surface area contributed by atoms with Gasteiger partial charge in [0.15, 0.2) is 0 Å². The molecule has 1 fully saturated rings. The van der Waals surface area contributed by atoms with Crippen LogP contribution in [0.1, 0.15) is 31.2 Å². The van der Waals surface area contributed by atoms with Crippen LogP contribution in [0.25, 0.3) is 16.8 Å². The van der Waals surface area contributed by atoms with Crippen LogP contribution < -0.4 is 11.1 Å². The van der Waals surface area contributed by atoms with Gasteiger partial charge in [0.1, 0.15) is 17.4 Å². The minimum absolute atomic E-state index is 0.0519. The Morgan fingerprint density at radius 3 is 2.62 bits per heavy atom. The number of anilines is 2. The second-order valence-corrected chi connectivity index (χ2v) is 8.81. The Morgan fingerprint density at radius 1 is 1.12 bits per heavy atom. The number of pyridine rings is 1. The number of aromatic hydroxyl groups is 1. The van der Waals surface area contributed by atoms with E-state index in [2.05, 4.69) is 20.4 Å². The molecule has 176 valence electrons. The monoisotopic (exact) mass is 466 g/mol. The van der Waals surface area contributed by atoms with Crippen molar-refractivity contribution in [1.29, 1.82) is 0 Å². The van der Waals surface area contributed by atoms with E-state index >= 15 is 0 Å². The van der Waals surface area contributed by atoms with Crippen LogP contribution in [0, 0.1) is 17.6 Å². The van der Waals surface area contributed by atoms with Gasteiger partial charge in [0.25, 0.3) is 0 Å². The number of aliphatic hydroxyl groups is 1. The standard InChI is InChI=1S/C24H24F2N6O2/c1-12-6-13(7-19(27)23(12)34)16-4-5-28-11-21(16)30-24-29-10-14-2-3-20(31-32(14)24)22-17(25)8-15(33)9-18(22)26/h2-5,8-13,19,23,33-34H,6-7,27H2,1H3,(H,29,30)/t12-,13+,19+,23-/m0/s1. The van der Waals surface area contributed by atoms with Crippen molar-refractivity contribution in [2.24, 2.45) is 11.7 Å². The Bertz CT molecular complexity index is 1330. The van der Waals surface area contributed by atoms with Crippen LogP contribution in [-0.2, 0) is 0 Å². The number of rotatable bonds is 4. The van der Waals surface area contributed by atoms with Gasteiger partial charge in [-0.25, -0.2) is 13.8 Å². The maximum absolute atomic E-state index is 14.4. The van der Waals surface area contributed by atoms with E-state index in [4.69, 9.17) is 5.73 Å². The first-order chi connectivity index (χ1) is 16.3. The Kier molecular flexibility index (Phi) is 5.62. The molecule has 10 heteroatoms. The lowest BCUT2D eigenvalue weighted by molar-refractivity contribution is 0.0521. The topological polar surface area (TPSA) is 122 Å². The molecule has 0 radical (unpaired) electrons. The van der Waals surface area contributed by atoms with Crippen LogP contribution in [0.5, 0.6) is 5.75 Å². The van der Waals surface area contributed by atoms with E-state index in [1.807, 2.05) is 13.0 Å². The van der Waals surface area contributed by atoms with E-state index in [-0.39, 0.29) is 29.1 Å². The zero-order valence-corrected chi connectivity index (χ0v) is 18.4. The molecule has 1 aliphatic rings. The number of hydrogen-bond acceptors (Lipinski definition) is 7. The molecule has 0 amide bonds. The summed E-state index contributed by atoms with van der Waals surface area (Å²) in [4.78, 5) is 8.61. The third-order valence-electron chi connectivity index (χ3n) is 6.44. The van der Waals surface area contributed by atoms with Gasteiger partial charge in [0.2, 0.25) is 5.95 Å². The van der Waals surface area contributed by atoms with Crippen molar-refractivity contribution in [2.45, 2.75) is 37.8 Å². The molecule has 1 aromatic carbocycles. The second-order valence-electron chi connectivity index (χ2n) is 8.81. The number of hydrogen-bond donors (Lipinski definition) is 4. The quantitative estimate of drug-likeness (QED) is 0.362. The summed E-state index contributed by atoms with van der Waals surface area (Å²) < 4.78 is 30.3. The van der Waals surface area contributed by atoms with E-state index in [1.165, 1.54) is 10.6 Å². The van der Waals surface area contributed by atoms with Crippen molar-refractivity contribution in [3.63, 3.8) is 0 Å². The van der Waals surface area contributed by atoms with Crippen LogP contribution in [0.3, 0.4) is 0 Å². The second kappa shape index (κ2) is 8.62. The summed E-state index contributed by atoms with van der Waals surface area (Å²) in [6.07, 6.45) is 5.85. The Hall–Kier alpha value is -3.63. The van der Waals surface area contributed by atoms with E-state index in [1.54, 1.807) is 24.7 Å². The highest BCUT2D eigenvalue weighted by Crippen LogP contribution is 2.39. The van der Waals surface area contributed by atoms with Crippen LogP contribution in [0.2, 0.25) is 0 Å². The summed E-state index contributed by atoms with van der Waals surface area (Å²) in [5, 5.41) is 27.3. The molecule has 4 atom stereocenters. The molecule has 1 saturated carbocycles. The number of nitrogens with one attached hydrogen (secondary N) is 1. The molecule has 0 bridgehead atoms. The highest BCUT2D eigenvalue weighted by atomic mass is 19.1. The van der Waals surface area contributed by atoms with Gasteiger partial charge in [-0.3, -0.25) is 4.98 Å². The molecule has 5 N–H and O–H groups in total. The van der Waals surface area contributed by atoms with Gasteiger partial charge in [0, 0.05) is 24.4 Å². The fraction of sp³-hybridized carbons (Fsp3) is 0.292. The average Bonchev–Trinajstić information content (AvgIpc) is 3.19. The van der Waals surface area contributed by atoms with Gasteiger partial charge in [-0.2, -0.15) is 9.61 Å². The molecule has 0 aliphatic heterocycles. The molecule has 34 heavy (non-hydrogen) atoms. The van der Waals surface area contributed by atoms with Crippen LogP contribution in [0.4, 0.5) is 20.4 Å². The normalized spacial score (nSPS) is 22.7. The van der Waals surface area contributed by atoms with Gasteiger partial charge in [-0.1, -0.05) is 6.92 Å². The molecule has 0 saturated heterocycles. The minimum Gasteiger partial charge on any atom is -0.508 e. The van der Waals surface area contributed by atoms with Gasteiger partial charge < -0.3 is 21.3 Å². The number of phenols is 1. The van der Waals surface area contributed by atoms with E-state index in [0.29, 0.717) is 23.6 Å². The lowest BCUT2D eigenvalue weighted by Gasteiger charge is -2.36. The van der Waals surface area contributed by atoms with Crippen molar-refractivity contribution < 1.29 is 19.0 Å². The largest absolute Gasteiger partial charge is 0.508 e. The molecule has 0 spiro atoms. The highest BCUT2D eigenvalue weighted by Gasteiger charge is 2.34. The summed E-state index contributed by atoms with van der Waals surface area (Å²) >= 11 is 0. The van der Waals surface area contributed by atoms with Gasteiger partial charge in [-0.15, -0.1) is 0 Å². The third kappa shape index (κ3) is 3.95. The highest BCUT2D eigenvalue weighted by molar-refractivity contribution is 5.66. The predicted molar refractivity (Wildman–Crippen MR) is 123 cm³/mol. The van der Waals surface area contributed by atoms with Crippen molar-refractivity contribution in [1.82, 2.24) is 19.6 Å². The van der Waals surface area contributed by atoms with E-state index < -0.39 is 23.5 Å². The number of fused-ring (bicyclic) bond motifs is 1. The number of halogens is 2. The zero-order chi connectivity index (χ0) is 24.0. The summed E-state index contributed by atoms with van der Waals surface area (Å²) in [5.74, 6) is -1.82. The SMILES string of the molecule is C[C@H]1C[C@@H](c2ccncc2Nc2ncc3ccc(-c4c(F)cc(O)cc4F)nn23)C[C@@H](N)[C@H]1O. The lowest BCUT2D eigenvalue weighted by atomic mass is 9.74. The Balaban J connectivity index is 1.51. The van der Waals surface area contributed by atoms with Crippen molar-refractivity contribution >= 4 is 17.2 Å². The maximum Gasteiger partial charge on any atom is 0.229 e. The van der Waals surface area contributed by atoms with Crippen LogP contribution in [0.15, 0.2) is 48.9 Å². The van der Waals surface area contributed by atoms with Gasteiger partial charge in [-0.05, 0) is 48.4 Å². The molecule has 1 aliphatic carbocycles. The molecule has 8 nitrogen and oxygen atoms in total. The molecule has 3 aromatic heterocycles. The van der Waals surface area contributed by atoms with Crippen molar-refractivity contribution in [3.8, 4) is 17.0 Å². The Labute approximate surface area is 194 Å². The summed E-state index contributed by atoms with van der Waals surface area (Å²) in [5.41, 5.74) is 8.21. The molecule has 3 heterocycles. The molecule has 5 rings (SSSR count). The summed E-state index contributed by atoms with van der Waals surface area (Å²) in [6.45, 7) is 1.99. The minimum atomic E-state index is -0.918. The smallest absolute Gasteiger partial charge is 0.229 e. The average molecular weight is 466 g/mol. The number of benzene rings is 1. The van der Waals surface area contributed by atoms with Crippen LogP contribution in [-0.4, -0.2) is 41.9 Å². The van der Waals surface area contributed by atoms with Crippen LogP contribution >= 0.6 is 0 Å². The zero-order valence-electron chi connectivity index (χ0n) is 18.4. The number of aliphatic hydroxyl groups excluding tert-OH is 1. The fourth-order valence-corrected chi connectivity index (χ4v) is 4.72. The van der Waals surface area contributed by atoms with Crippen molar-refractivity contribution in [3.05, 3.63) is 66.1 Å². The maximum atomic E-state index is 14.4. The number of nitrogens with zero attached hydrogens (tertiary/aromatic N) is 4. The first-order valence-corrected chi connectivity index (χ1v) is 11.0.